The summed E-state index contributed by atoms with van der Waals surface area (Å²) in [5, 5.41) is 13.1. The molecule has 9 atom stereocenters. The third kappa shape index (κ3) is 3.15. The van der Waals surface area contributed by atoms with E-state index in [1.807, 2.05) is 13.8 Å². The summed E-state index contributed by atoms with van der Waals surface area (Å²) in [5.41, 5.74) is -4.28. The van der Waals surface area contributed by atoms with Gasteiger partial charge in [0.1, 0.15) is 11.7 Å². The van der Waals surface area contributed by atoms with Crippen molar-refractivity contribution in [3.05, 3.63) is 35.3 Å². The molecule has 1 N–H and O–H groups in total. The van der Waals surface area contributed by atoms with Crippen molar-refractivity contribution in [1.29, 1.82) is 0 Å². The lowest BCUT2D eigenvalue weighted by atomic mass is 9.53. The first-order valence-electron chi connectivity index (χ1n) is 14.4. The van der Waals surface area contributed by atoms with E-state index in [2.05, 4.69) is 0 Å². The first-order chi connectivity index (χ1) is 19.3. The Kier molecular flexibility index (Phi) is 6.02. The summed E-state index contributed by atoms with van der Waals surface area (Å²) in [4.78, 5) is 53.2. The summed E-state index contributed by atoms with van der Waals surface area (Å²) < 4.78 is 28.8. The highest BCUT2D eigenvalue weighted by Gasteiger charge is 2.89. The summed E-state index contributed by atoms with van der Waals surface area (Å²) in [6, 6.07) is 1.77. The molecule has 1 aliphatic heterocycles. The van der Waals surface area contributed by atoms with Crippen molar-refractivity contribution in [3.8, 4) is 0 Å². The SMILES string of the molecule is CCOC12C3=C4CC(=O)OC(c5ccoc5)C4(C)CCC3C3(C)C(CC(=O)OC)C(C)(CC13O)C(=O)C2OC(C)=O. The van der Waals surface area contributed by atoms with Gasteiger partial charge >= 0.3 is 17.9 Å². The van der Waals surface area contributed by atoms with Gasteiger partial charge in [0.25, 0.3) is 0 Å². The van der Waals surface area contributed by atoms with Crippen LogP contribution in [0, 0.1) is 28.1 Å². The van der Waals surface area contributed by atoms with Gasteiger partial charge in [-0.05, 0) is 55.2 Å². The number of rotatable bonds is 6. The quantitative estimate of drug-likeness (QED) is 0.307. The number of ether oxygens (including phenoxy) is 4. The van der Waals surface area contributed by atoms with E-state index >= 15 is 0 Å². The zero-order chi connectivity index (χ0) is 29.8. The second-order valence-corrected chi connectivity index (χ2v) is 13.1. The number of cyclic esters (lactones) is 1. The largest absolute Gasteiger partial charge is 0.472 e. The van der Waals surface area contributed by atoms with Crippen molar-refractivity contribution in [2.45, 2.75) is 90.1 Å². The molecule has 0 radical (unpaired) electrons. The molecule has 0 aromatic carbocycles. The maximum atomic E-state index is 14.6. The van der Waals surface area contributed by atoms with Crippen LogP contribution in [0.15, 0.2) is 34.2 Å². The Morgan fingerprint density at radius 2 is 1.90 bits per heavy atom. The number of carbonyl (C=O) groups is 4. The number of aliphatic hydroxyl groups is 1. The van der Waals surface area contributed by atoms with Gasteiger partial charge in [-0.15, -0.1) is 0 Å². The van der Waals surface area contributed by atoms with Gasteiger partial charge in [-0.25, -0.2) is 0 Å². The molecule has 0 amide bonds. The molecule has 0 spiro atoms. The van der Waals surface area contributed by atoms with Gasteiger partial charge < -0.3 is 28.5 Å². The Hall–Kier alpha value is -2.98. The minimum atomic E-state index is -1.75. The maximum absolute atomic E-state index is 14.6. The fourth-order valence-corrected chi connectivity index (χ4v) is 9.91. The molecule has 1 aromatic rings. The van der Waals surface area contributed by atoms with E-state index in [4.69, 9.17) is 23.4 Å². The molecule has 3 saturated carbocycles. The van der Waals surface area contributed by atoms with Crippen molar-refractivity contribution in [2.75, 3.05) is 13.7 Å². The van der Waals surface area contributed by atoms with Gasteiger partial charge in [-0.2, -0.15) is 0 Å². The van der Waals surface area contributed by atoms with E-state index in [0.29, 0.717) is 24.0 Å². The van der Waals surface area contributed by atoms with Crippen LogP contribution in [0.5, 0.6) is 0 Å². The van der Waals surface area contributed by atoms with Gasteiger partial charge in [0, 0.05) is 41.8 Å². The predicted molar refractivity (Wildman–Crippen MR) is 141 cm³/mol. The minimum absolute atomic E-state index is 0.0222. The number of furan rings is 1. The van der Waals surface area contributed by atoms with Gasteiger partial charge in [-0.3, -0.25) is 19.2 Å². The molecule has 1 saturated heterocycles. The molecule has 4 aliphatic carbocycles. The summed E-state index contributed by atoms with van der Waals surface area (Å²) in [5.74, 6) is -3.01. The molecule has 10 nitrogen and oxygen atoms in total. The van der Waals surface area contributed by atoms with Crippen molar-refractivity contribution < 1.29 is 47.6 Å². The summed E-state index contributed by atoms with van der Waals surface area (Å²) >= 11 is 0. The summed E-state index contributed by atoms with van der Waals surface area (Å²) in [6.07, 6.45) is 2.02. The Morgan fingerprint density at radius 3 is 2.51 bits per heavy atom. The highest BCUT2D eigenvalue weighted by atomic mass is 16.6. The van der Waals surface area contributed by atoms with E-state index in [1.54, 1.807) is 26.2 Å². The Bertz CT molecular complexity index is 1360. The number of Topliss-reactive ketones (excluding diaryl/α,β-unsaturated/α-hetero) is 1. The Morgan fingerprint density at radius 1 is 1.17 bits per heavy atom. The average molecular weight is 571 g/mol. The number of carbonyl (C=O) groups excluding carboxylic acids is 4. The molecule has 4 fully saturated rings. The van der Waals surface area contributed by atoms with E-state index < -0.39 is 69.3 Å². The minimum Gasteiger partial charge on any atom is -0.472 e. The zero-order valence-corrected chi connectivity index (χ0v) is 24.4. The molecule has 9 unspecified atom stereocenters. The van der Waals surface area contributed by atoms with Crippen molar-refractivity contribution >= 4 is 23.7 Å². The molecule has 10 heteroatoms. The van der Waals surface area contributed by atoms with E-state index in [1.165, 1.54) is 20.3 Å². The second kappa shape index (κ2) is 8.77. The molecule has 2 heterocycles. The number of methoxy groups -OCH3 is 1. The third-order valence-electron chi connectivity index (χ3n) is 11.5. The molecule has 5 aliphatic rings. The van der Waals surface area contributed by atoms with Gasteiger partial charge in [0.15, 0.2) is 17.5 Å². The Balaban J connectivity index is 1.69. The Labute approximate surface area is 238 Å². The average Bonchev–Trinajstić information content (AvgIpc) is 3.54. The smallest absolute Gasteiger partial charge is 0.310 e. The van der Waals surface area contributed by atoms with Crippen LogP contribution in [0.1, 0.15) is 78.4 Å². The first-order valence-corrected chi connectivity index (χ1v) is 14.4. The molecule has 1 aromatic heterocycles. The zero-order valence-electron chi connectivity index (χ0n) is 24.4. The summed E-state index contributed by atoms with van der Waals surface area (Å²) in [6.45, 7) is 8.81. The molecule has 6 rings (SSSR count). The number of esters is 3. The molecule has 2 bridgehead atoms. The lowest BCUT2D eigenvalue weighted by Gasteiger charge is -2.55. The number of ketones is 1. The van der Waals surface area contributed by atoms with Crippen LogP contribution in [-0.2, 0) is 38.1 Å². The van der Waals surface area contributed by atoms with Crippen LogP contribution in [-0.4, -0.2) is 59.8 Å². The van der Waals surface area contributed by atoms with Crippen LogP contribution >= 0.6 is 0 Å². The monoisotopic (exact) mass is 570 g/mol. The predicted octanol–water partition coefficient (Wildman–Crippen LogP) is 3.61. The lowest BCUT2D eigenvalue weighted by Crippen LogP contribution is -2.70. The van der Waals surface area contributed by atoms with Crippen LogP contribution in [0.4, 0.5) is 0 Å². The van der Waals surface area contributed by atoms with Gasteiger partial charge in [-0.1, -0.05) is 20.8 Å². The summed E-state index contributed by atoms with van der Waals surface area (Å²) in [7, 11) is 1.30. The maximum Gasteiger partial charge on any atom is 0.310 e. The topological polar surface area (TPSA) is 139 Å². The molecule has 222 valence electrons. The van der Waals surface area contributed by atoms with Crippen LogP contribution in [0.3, 0.4) is 0 Å². The van der Waals surface area contributed by atoms with Crippen LogP contribution in [0.25, 0.3) is 0 Å². The van der Waals surface area contributed by atoms with Gasteiger partial charge in [0.05, 0.1) is 26.1 Å². The highest BCUT2D eigenvalue weighted by Crippen LogP contribution is 2.81. The van der Waals surface area contributed by atoms with Crippen LogP contribution < -0.4 is 0 Å². The first kappa shape index (κ1) is 28.2. The van der Waals surface area contributed by atoms with E-state index in [0.717, 1.165) is 5.57 Å². The van der Waals surface area contributed by atoms with Crippen molar-refractivity contribution in [1.82, 2.24) is 0 Å². The number of hydrogen-bond acceptors (Lipinski definition) is 10. The standard InChI is InChI=1S/C31H38O10/c1-7-39-31-23-18(8-10-27(3)19(23)12-22(34)41-25(27)17-9-11-38-14-17)29(5)20(13-21(33)37-6)28(4,15-30(29,31)36)24(35)26(31)40-16(2)32/h9,11,14,18,20,25-26,36H,7-8,10,12-13,15H2,1-6H3. The number of hydrogen-bond donors (Lipinski definition) is 1. The van der Waals surface area contributed by atoms with E-state index in [-0.39, 0.29) is 31.8 Å². The molecule has 41 heavy (non-hydrogen) atoms. The fourth-order valence-electron chi connectivity index (χ4n) is 9.91. The van der Waals surface area contributed by atoms with Gasteiger partial charge in [0.2, 0.25) is 0 Å². The highest BCUT2D eigenvalue weighted by molar-refractivity contribution is 5.97. The number of fused-ring (bicyclic) bond motifs is 5. The van der Waals surface area contributed by atoms with E-state index in [9.17, 15) is 24.3 Å². The molecular formula is C31H38O10. The van der Waals surface area contributed by atoms with Crippen LogP contribution in [0.2, 0.25) is 0 Å². The molecular weight excluding hydrogens is 532 g/mol. The van der Waals surface area contributed by atoms with Crippen molar-refractivity contribution in [3.63, 3.8) is 0 Å². The normalized spacial score (nSPS) is 44.3. The third-order valence-corrected chi connectivity index (χ3v) is 11.5. The second-order valence-electron chi connectivity index (χ2n) is 13.1. The lowest BCUT2D eigenvalue weighted by molar-refractivity contribution is -0.236. The fraction of sp³-hybridized carbons (Fsp3) is 0.677. The van der Waals surface area contributed by atoms with Crippen molar-refractivity contribution in [2.24, 2.45) is 28.1 Å².